The van der Waals surface area contributed by atoms with Gasteiger partial charge >= 0.3 is 0 Å². The number of methoxy groups -OCH3 is 2. The normalized spacial score (nSPS) is 11.4. The summed E-state index contributed by atoms with van der Waals surface area (Å²) in [4.78, 5) is 22.0. The molecule has 0 bridgehead atoms. The van der Waals surface area contributed by atoms with Crippen molar-refractivity contribution in [3.8, 4) is 28.7 Å². The molecule has 0 aliphatic carbocycles. The van der Waals surface area contributed by atoms with E-state index in [1.165, 1.54) is 7.11 Å². The van der Waals surface area contributed by atoms with E-state index < -0.39 is 0 Å². The maximum atomic E-state index is 13.0. The van der Waals surface area contributed by atoms with Crippen LogP contribution in [0.3, 0.4) is 0 Å². The molecule has 0 aliphatic heterocycles. The fraction of sp³-hybridized carbons (Fsp3) is 0.379. The molecule has 1 N–H and O–H groups in total. The number of nitrogens with one attached hydrogen (secondary N) is 1. The lowest BCUT2D eigenvalue weighted by Crippen LogP contribution is -2.27. The number of amides is 1. The Hall–Kier alpha value is -4.34. The zero-order valence-corrected chi connectivity index (χ0v) is 23.5. The van der Waals surface area contributed by atoms with Crippen LogP contribution in [0.4, 0.5) is 5.82 Å². The number of fused-ring (bicyclic) bond motifs is 1. The van der Waals surface area contributed by atoms with Crippen LogP contribution in [-0.2, 0) is 23.2 Å². The monoisotopic (exact) mass is 533 g/mol. The zero-order valence-electron chi connectivity index (χ0n) is 23.5. The molecular formula is C29H35N5O5. The minimum atomic E-state index is -0.281. The Morgan fingerprint density at radius 2 is 1.74 bits per heavy atom. The lowest BCUT2D eigenvalue weighted by molar-refractivity contribution is -0.115. The molecule has 0 saturated heterocycles. The molecule has 4 aromatic rings. The van der Waals surface area contributed by atoms with Gasteiger partial charge in [0.15, 0.2) is 11.5 Å². The van der Waals surface area contributed by atoms with Crippen molar-refractivity contribution in [3.05, 3.63) is 54.1 Å². The summed E-state index contributed by atoms with van der Waals surface area (Å²) in [7, 11) is 3.12. The van der Waals surface area contributed by atoms with Gasteiger partial charge in [-0.1, -0.05) is 6.92 Å². The molecule has 0 saturated carbocycles. The number of anilines is 1. The second-order valence-corrected chi connectivity index (χ2v) is 9.86. The third-order valence-corrected chi connectivity index (χ3v) is 6.09. The van der Waals surface area contributed by atoms with E-state index in [-0.39, 0.29) is 17.9 Å². The number of rotatable bonds is 10. The van der Waals surface area contributed by atoms with Crippen molar-refractivity contribution in [2.45, 2.75) is 53.0 Å². The summed E-state index contributed by atoms with van der Waals surface area (Å²) in [6.07, 6.45) is 5.80. The van der Waals surface area contributed by atoms with E-state index in [1.807, 2.05) is 51.4 Å². The second kappa shape index (κ2) is 11.6. The van der Waals surface area contributed by atoms with Gasteiger partial charge in [-0.15, -0.1) is 0 Å². The van der Waals surface area contributed by atoms with E-state index in [1.54, 1.807) is 37.8 Å². The van der Waals surface area contributed by atoms with Gasteiger partial charge in [0.2, 0.25) is 5.91 Å². The smallest absolute Gasteiger partial charge is 0.231 e. The number of ether oxygens (including phenoxy) is 4. The number of aryl methyl sites for hydroxylation is 1. The zero-order chi connectivity index (χ0) is 28.2. The molecule has 0 fully saturated rings. The van der Waals surface area contributed by atoms with Gasteiger partial charge < -0.3 is 24.3 Å². The first-order valence-corrected chi connectivity index (χ1v) is 12.9. The Morgan fingerprint density at radius 1 is 0.974 bits per heavy atom. The van der Waals surface area contributed by atoms with Gasteiger partial charge in [0, 0.05) is 29.3 Å². The third-order valence-electron chi connectivity index (χ3n) is 6.09. The van der Waals surface area contributed by atoms with Crippen LogP contribution in [0.1, 0.15) is 45.9 Å². The summed E-state index contributed by atoms with van der Waals surface area (Å²) >= 11 is 0. The Morgan fingerprint density at radius 3 is 2.41 bits per heavy atom. The van der Waals surface area contributed by atoms with Crippen LogP contribution in [0.25, 0.3) is 10.9 Å². The largest absolute Gasteiger partial charge is 0.495 e. The van der Waals surface area contributed by atoms with Crippen molar-refractivity contribution in [1.29, 1.82) is 0 Å². The topological polar surface area (TPSA) is 110 Å². The van der Waals surface area contributed by atoms with Crippen molar-refractivity contribution in [1.82, 2.24) is 19.7 Å². The third kappa shape index (κ3) is 6.05. The Kier molecular flexibility index (Phi) is 8.23. The average Bonchev–Trinajstić information content (AvgIpc) is 3.32. The van der Waals surface area contributed by atoms with Gasteiger partial charge in [-0.25, -0.2) is 4.68 Å². The van der Waals surface area contributed by atoms with E-state index >= 15 is 0 Å². The highest BCUT2D eigenvalue weighted by molar-refractivity contribution is 5.92. The van der Waals surface area contributed by atoms with E-state index in [0.717, 1.165) is 17.4 Å². The molecule has 1 amide bonds. The van der Waals surface area contributed by atoms with E-state index in [2.05, 4.69) is 20.4 Å². The Bertz CT molecular complexity index is 1480. The lowest BCUT2D eigenvalue weighted by atomic mass is 10.1. The minimum absolute atomic E-state index is 0.0253. The summed E-state index contributed by atoms with van der Waals surface area (Å²) in [6.45, 7) is 10.6. The molecule has 10 heteroatoms. The van der Waals surface area contributed by atoms with Gasteiger partial charge in [-0.3, -0.25) is 14.8 Å². The molecule has 4 rings (SSSR count). The summed E-state index contributed by atoms with van der Waals surface area (Å²) in [6, 6.07) is 7.13. The number of carbonyl (C=O) groups excluding carboxylic acids is 1. The molecule has 206 valence electrons. The minimum Gasteiger partial charge on any atom is -0.495 e. The molecule has 0 aliphatic rings. The quantitative estimate of drug-likeness (QED) is 0.283. The van der Waals surface area contributed by atoms with Crippen molar-refractivity contribution < 1.29 is 23.7 Å². The summed E-state index contributed by atoms with van der Waals surface area (Å²) in [5, 5.41) is 8.25. The van der Waals surface area contributed by atoms with E-state index in [9.17, 15) is 4.79 Å². The van der Waals surface area contributed by atoms with E-state index in [0.29, 0.717) is 52.4 Å². The van der Waals surface area contributed by atoms with Crippen molar-refractivity contribution >= 4 is 22.6 Å². The first kappa shape index (κ1) is 27.7. The molecule has 3 heterocycles. The molecule has 0 radical (unpaired) electrons. The van der Waals surface area contributed by atoms with Gasteiger partial charge in [-0.2, -0.15) is 5.10 Å². The molecule has 0 spiro atoms. The molecule has 39 heavy (non-hydrogen) atoms. The highest BCUT2D eigenvalue weighted by atomic mass is 16.5. The number of aromatic nitrogens is 4. The highest BCUT2D eigenvalue weighted by Crippen LogP contribution is 2.37. The molecule has 0 unspecified atom stereocenters. The van der Waals surface area contributed by atoms with Crippen LogP contribution >= 0.6 is 0 Å². The average molecular weight is 534 g/mol. The number of benzene rings is 1. The lowest BCUT2D eigenvalue weighted by Gasteiger charge is -2.23. The molecular weight excluding hydrogens is 498 g/mol. The Balaban J connectivity index is 1.57. The van der Waals surface area contributed by atoms with Gasteiger partial charge in [-0.05, 0) is 46.2 Å². The Labute approximate surface area is 228 Å². The first-order chi connectivity index (χ1) is 18.7. The summed E-state index contributed by atoms with van der Waals surface area (Å²) < 4.78 is 24.7. The van der Waals surface area contributed by atoms with Crippen molar-refractivity contribution in [3.63, 3.8) is 0 Å². The summed E-state index contributed by atoms with van der Waals surface area (Å²) in [5.74, 6) is 3.14. The SMILES string of the molecule is CCOc1cc2nccc(Oc3cnc(CC(=O)Nc4c(CC)cnn4C(C)(C)C)c(OC)c3)c2cc1OC. The predicted octanol–water partition coefficient (Wildman–Crippen LogP) is 5.53. The van der Waals surface area contributed by atoms with Crippen molar-refractivity contribution in [2.75, 3.05) is 26.1 Å². The van der Waals surface area contributed by atoms with Crippen LogP contribution in [0, 0.1) is 0 Å². The number of hydrogen-bond donors (Lipinski definition) is 1. The van der Waals surface area contributed by atoms with Crippen molar-refractivity contribution in [2.24, 2.45) is 0 Å². The van der Waals surface area contributed by atoms with Gasteiger partial charge in [0.1, 0.15) is 23.1 Å². The molecule has 3 aromatic heterocycles. The summed E-state index contributed by atoms with van der Waals surface area (Å²) in [5.41, 5.74) is 1.88. The highest BCUT2D eigenvalue weighted by Gasteiger charge is 2.23. The number of hydrogen-bond acceptors (Lipinski definition) is 8. The fourth-order valence-corrected chi connectivity index (χ4v) is 4.20. The number of pyridine rings is 2. The molecule has 1 aromatic carbocycles. The molecule has 10 nitrogen and oxygen atoms in total. The maximum absolute atomic E-state index is 13.0. The predicted molar refractivity (Wildman–Crippen MR) is 149 cm³/mol. The standard InChI is InChI=1S/C29H35N5O5/c1-8-18-16-32-34(29(3,4)5)28(18)33-27(35)15-22-24(36-6)12-19(17-31-22)39-23-10-11-30-21-14-26(38-9-2)25(37-7)13-20(21)23/h10-14,16-17H,8-9,15H2,1-7H3,(H,33,35). The maximum Gasteiger partial charge on any atom is 0.231 e. The number of carbonyl (C=O) groups is 1. The second-order valence-electron chi connectivity index (χ2n) is 9.86. The van der Waals surface area contributed by atoms with Gasteiger partial charge in [0.05, 0.1) is 56.4 Å². The van der Waals surface area contributed by atoms with Crippen LogP contribution in [0.2, 0.25) is 0 Å². The van der Waals surface area contributed by atoms with Gasteiger partial charge in [0.25, 0.3) is 0 Å². The molecule has 0 atom stereocenters. The van der Waals surface area contributed by atoms with E-state index in [4.69, 9.17) is 18.9 Å². The first-order valence-electron chi connectivity index (χ1n) is 12.9. The van der Waals surface area contributed by atoms with Crippen LogP contribution in [0.15, 0.2) is 42.9 Å². The number of nitrogens with zero attached hydrogens (tertiary/aromatic N) is 4. The van der Waals surface area contributed by atoms with Crippen LogP contribution in [-0.4, -0.2) is 46.5 Å². The van der Waals surface area contributed by atoms with Crippen LogP contribution < -0.4 is 24.3 Å². The van der Waals surface area contributed by atoms with Crippen LogP contribution in [0.5, 0.6) is 28.7 Å². The fourth-order valence-electron chi connectivity index (χ4n) is 4.20.